The van der Waals surface area contributed by atoms with E-state index in [2.05, 4.69) is 0 Å². The molecule has 2 N–H and O–H groups in total. The smallest absolute Gasteiger partial charge is 0.225 e. The van der Waals surface area contributed by atoms with Gasteiger partial charge >= 0.3 is 0 Å². The second-order valence-corrected chi connectivity index (χ2v) is 5.50. The van der Waals surface area contributed by atoms with E-state index in [-0.39, 0.29) is 5.92 Å². The fourth-order valence-corrected chi connectivity index (χ4v) is 3.13. The van der Waals surface area contributed by atoms with Crippen LogP contribution in [-0.4, -0.2) is 29.9 Å². The van der Waals surface area contributed by atoms with Gasteiger partial charge in [0.25, 0.3) is 0 Å². The molecule has 0 aromatic rings. The molecule has 16 heavy (non-hydrogen) atoms. The summed E-state index contributed by atoms with van der Waals surface area (Å²) >= 11 is 0. The minimum atomic E-state index is 0.255. The Morgan fingerprint density at radius 3 is 2.19 bits per heavy atom. The SMILES string of the molecule is CN(C(=O)C1CCC(N)CC1)C1CCCC1. The highest BCUT2D eigenvalue weighted by atomic mass is 16.2. The first-order valence-electron chi connectivity index (χ1n) is 6.70. The molecule has 0 aromatic carbocycles. The van der Waals surface area contributed by atoms with E-state index in [4.69, 9.17) is 5.73 Å². The molecule has 0 atom stereocenters. The van der Waals surface area contributed by atoms with Crippen LogP contribution in [-0.2, 0) is 4.79 Å². The maximum absolute atomic E-state index is 12.3. The Bertz CT molecular complexity index is 240. The minimum Gasteiger partial charge on any atom is -0.343 e. The van der Waals surface area contributed by atoms with E-state index in [0.717, 1.165) is 25.7 Å². The molecule has 0 heterocycles. The summed E-state index contributed by atoms with van der Waals surface area (Å²) in [5.41, 5.74) is 5.87. The molecule has 0 saturated heterocycles. The molecule has 0 spiro atoms. The molecule has 0 bridgehead atoms. The molecule has 2 rings (SSSR count). The summed E-state index contributed by atoms with van der Waals surface area (Å²) in [6.45, 7) is 0. The van der Waals surface area contributed by atoms with Gasteiger partial charge in [-0.3, -0.25) is 4.79 Å². The Morgan fingerprint density at radius 1 is 1.06 bits per heavy atom. The summed E-state index contributed by atoms with van der Waals surface area (Å²) in [4.78, 5) is 14.3. The van der Waals surface area contributed by atoms with E-state index >= 15 is 0 Å². The van der Waals surface area contributed by atoms with E-state index in [1.54, 1.807) is 0 Å². The number of carbonyl (C=O) groups is 1. The Morgan fingerprint density at radius 2 is 1.62 bits per heavy atom. The van der Waals surface area contributed by atoms with Crippen LogP contribution in [0.15, 0.2) is 0 Å². The Balaban J connectivity index is 1.86. The lowest BCUT2D eigenvalue weighted by molar-refractivity contribution is -0.137. The molecule has 0 radical (unpaired) electrons. The normalized spacial score (nSPS) is 31.6. The van der Waals surface area contributed by atoms with Crippen molar-refractivity contribution < 1.29 is 4.79 Å². The average molecular weight is 224 g/mol. The van der Waals surface area contributed by atoms with Gasteiger partial charge in [0, 0.05) is 25.0 Å². The fraction of sp³-hybridized carbons (Fsp3) is 0.923. The van der Waals surface area contributed by atoms with E-state index in [1.165, 1.54) is 25.7 Å². The van der Waals surface area contributed by atoms with Gasteiger partial charge in [-0.05, 0) is 38.5 Å². The number of hydrogen-bond acceptors (Lipinski definition) is 2. The van der Waals surface area contributed by atoms with Crippen molar-refractivity contribution in [2.45, 2.75) is 63.5 Å². The van der Waals surface area contributed by atoms with Gasteiger partial charge in [0.05, 0.1) is 0 Å². The molecule has 2 aliphatic rings. The summed E-state index contributed by atoms with van der Waals surface area (Å²) in [5, 5.41) is 0. The van der Waals surface area contributed by atoms with Gasteiger partial charge in [-0.25, -0.2) is 0 Å². The molecule has 1 amide bonds. The lowest BCUT2D eigenvalue weighted by Crippen LogP contribution is -2.41. The van der Waals surface area contributed by atoms with E-state index in [0.29, 0.717) is 18.0 Å². The van der Waals surface area contributed by atoms with Gasteiger partial charge in [0.1, 0.15) is 0 Å². The monoisotopic (exact) mass is 224 g/mol. The third kappa shape index (κ3) is 2.57. The van der Waals surface area contributed by atoms with Gasteiger partial charge in [-0.1, -0.05) is 12.8 Å². The van der Waals surface area contributed by atoms with E-state index in [9.17, 15) is 4.79 Å². The first kappa shape index (κ1) is 11.9. The van der Waals surface area contributed by atoms with Crippen LogP contribution < -0.4 is 5.73 Å². The fourth-order valence-electron chi connectivity index (χ4n) is 3.13. The van der Waals surface area contributed by atoms with Gasteiger partial charge in [-0.15, -0.1) is 0 Å². The third-order valence-electron chi connectivity index (χ3n) is 4.34. The van der Waals surface area contributed by atoms with Gasteiger partial charge in [0.2, 0.25) is 5.91 Å². The van der Waals surface area contributed by atoms with Crippen LogP contribution in [0.3, 0.4) is 0 Å². The first-order valence-corrected chi connectivity index (χ1v) is 6.70. The number of rotatable bonds is 2. The van der Waals surface area contributed by atoms with Crippen LogP contribution >= 0.6 is 0 Å². The molecular formula is C13H24N2O. The highest BCUT2D eigenvalue weighted by molar-refractivity contribution is 5.79. The van der Waals surface area contributed by atoms with Crippen molar-refractivity contribution in [3.8, 4) is 0 Å². The van der Waals surface area contributed by atoms with Crippen LogP contribution in [0.2, 0.25) is 0 Å². The van der Waals surface area contributed by atoms with Crippen LogP contribution in [0.5, 0.6) is 0 Å². The molecular weight excluding hydrogens is 200 g/mol. The van der Waals surface area contributed by atoms with Crippen molar-refractivity contribution in [1.82, 2.24) is 4.90 Å². The predicted molar refractivity (Wildman–Crippen MR) is 65.0 cm³/mol. The zero-order valence-corrected chi connectivity index (χ0v) is 10.3. The van der Waals surface area contributed by atoms with Crippen molar-refractivity contribution in [1.29, 1.82) is 0 Å². The van der Waals surface area contributed by atoms with Gasteiger partial charge in [-0.2, -0.15) is 0 Å². The Kier molecular flexibility index (Phi) is 3.85. The average Bonchev–Trinajstić information content (AvgIpc) is 2.81. The second-order valence-electron chi connectivity index (χ2n) is 5.50. The number of nitrogens with two attached hydrogens (primary N) is 1. The number of hydrogen-bond donors (Lipinski definition) is 1. The summed E-state index contributed by atoms with van der Waals surface area (Å²) in [6.07, 6.45) is 9.02. The van der Waals surface area contributed by atoms with Gasteiger partial charge < -0.3 is 10.6 Å². The van der Waals surface area contributed by atoms with Crippen LogP contribution in [0, 0.1) is 5.92 Å². The van der Waals surface area contributed by atoms with Crippen LogP contribution in [0.1, 0.15) is 51.4 Å². The zero-order chi connectivity index (χ0) is 11.5. The lowest BCUT2D eigenvalue weighted by Gasteiger charge is -2.32. The third-order valence-corrected chi connectivity index (χ3v) is 4.34. The first-order chi connectivity index (χ1) is 7.68. The van der Waals surface area contributed by atoms with Crippen molar-refractivity contribution in [3.63, 3.8) is 0 Å². The topological polar surface area (TPSA) is 46.3 Å². The number of amides is 1. The minimum absolute atomic E-state index is 0.255. The van der Waals surface area contributed by atoms with Crippen molar-refractivity contribution in [2.24, 2.45) is 11.7 Å². The highest BCUT2D eigenvalue weighted by Crippen LogP contribution is 2.28. The Labute approximate surface area is 98.4 Å². The molecule has 0 aliphatic heterocycles. The van der Waals surface area contributed by atoms with Crippen molar-refractivity contribution in [3.05, 3.63) is 0 Å². The predicted octanol–water partition coefficient (Wildman–Crippen LogP) is 1.90. The number of nitrogens with zero attached hydrogens (tertiary/aromatic N) is 1. The second kappa shape index (κ2) is 5.17. The molecule has 0 unspecified atom stereocenters. The number of carbonyl (C=O) groups excluding carboxylic acids is 1. The molecule has 92 valence electrons. The molecule has 2 aliphatic carbocycles. The quantitative estimate of drug-likeness (QED) is 0.778. The molecule has 2 fully saturated rings. The van der Waals surface area contributed by atoms with Crippen molar-refractivity contribution in [2.75, 3.05) is 7.05 Å². The van der Waals surface area contributed by atoms with E-state index < -0.39 is 0 Å². The van der Waals surface area contributed by atoms with Crippen LogP contribution in [0.4, 0.5) is 0 Å². The Hall–Kier alpha value is -0.570. The maximum Gasteiger partial charge on any atom is 0.225 e. The highest BCUT2D eigenvalue weighted by Gasteiger charge is 2.30. The molecule has 2 saturated carbocycles. The largest absolute Gasteiger partial charge is 0.343 e. The standard InChI is InChI=1S/C13H24N2O/c1-15(12-4-2-3-5-12)13(16)10-6-8-11(14)9-7-10/h10-12H,2-9,14H2,1H3. The molecule has 3 nitrogen and oxygen atoms in total. The van der Waals surface area contributed by atoms with Gasteiger partial charge in [0.15, 0.2) is 0 Å². The summed E-state index contributed by atoms with van der Waals surface area (Å²) in [5.74, 6) is 0.629. The van der Waals surface area contributed by atoms with E-state index in [1.807, 2.05) is 11.9 Å². The lowest BCUT2D eigenvalue weighted by atomic mass is 9.85. The van der Waals surface area contributed by atoms with Crippen LogP contribution in [0.25, 0.3) is 0 Å². The summed E-state index contributed by atoms with van der Waals surface area (Å²) < 4.78 is 0. The summed E-state index contributed by atoms with van der Waals surface area (Å²) in [7, 11) is 1.99. The maximum atomic E-state index is 12.3. The molecule has 3 heteroatoms. The zero-order valence-electron chi connectivity index (χ0n) is 10.3. The van der Waals surface area contributed by atoms with Crippen molar-refractivity contribution >= 4 is 5.91 Å². The molecule has 0 aromatic heterocycles. The summed E-state index contributed by atoms with van der Waals surface area (Å²) in [6, 6.07) is 0.851.